The van der Waals surface area contributed by atoms with E-state index < -0.39 is 11.9 Å². The summed E-state index contributed by atoms with van der Waals surface area (Å²) in [6, 6.07) is 9.30. The number of piperidine rings is 1. The lowest BCUT2D eigenvalue weighted by atomic mass is 9.96. The second-order valence-electron chi connectivity index (χ2n) is 6.92. The van der Waals surface area contributed by atoms with E-state index in [4.69, 9.17) is 14.5 Å². The van der Waals surface area contributed by atoms with E-state index in [1.807, 2.05) is 29.2 Å². The number of benzene rings is 1. The van der Waals surface area contributed by atoms with Gasteiger partial charge < -0.3 is 14.4 Å². The minimum Gasteiger partial charge on any atom is -0.466 e. The van der Waals surface area contributed by atoms with E-state index in [1.54, 1.807) is 13.0 Å². The van der Waals surface area contributed by atoms with E-state index in [9.17, 15) is 14.9 Å². The Morgan fingerprint density at radius 1 is 1.27 bits per heavy atom. The van der Waals surface area contributed by atoms with Gasteiger partial charge in [0.15, 0.2) is 11.7 Å². The van der Waals surface area contributed by atoms with Gasteiger partial charge in [-0.2, -0.15) is 5.26 Å². The van der Waals surface area contributed by atoms with Crippen molar-refractivity contribution in [3.63, 3.8) is 0 Å². The molecule has 0 radical (unpaired) electrons. The zero-order valence-electron chi connectivity index (χ0n) is 16.9. The van der Waals surface area contributed by atoms with Crippen LogP contribution >= 0.6 is 0 Å². The van der Waals surface area contributed by atoms with Gasteiger partial charge in [-0.15, -0.1) is 0 Å². The van der Waals surface area contributed by atoms with Gasteiger partial charge in [0.05, 0.1) is 29.6 Å². The van der Waals surface area contributed by atoms with E-state index in [0.717, 1.165) is 0 Å². The minimum absolute atomic E-state index is 0.0122. The number of hydrogen-bond acceptors (Lipinski definition) is 8. The van der Waals surface area contributed by atoms with Crippen LogP contribution in [0, 0.1) is 17.2 Å². The van der Waals surface area contributed by atoms with Gasteiger partial charge in [-0.05, 0) is 31.9 Å². The van der Waals surface area contributed by atoms with Crippen molar-refractivity contribution >= 4 is 28.8 Å². The number of nitrogens with zero attached hydrogens (tertiary/aromatic N) is 4. The van der Waals surface area contributed by atoms with Crippen molar-refractivity contribution in [2.75, 3.05) is 31.2 Å². The second-order valence-corrected chi connectivity index (χ2v) is 6.92. The lowest BCUT2D eigenvalue weighted by Crippen LogP contribution is -2.38. The van der Waals surface area contributed by atoms with Crippen molar-refractivity contribution in [2.24, 2.45) is 5.92 Å². The standard InChI is InChI=1S/C22H24N4O4/c1-3-13-30-22(28)16(14-23)19-20(25-18-8-6-5-7-17(18)24-19)26-11-9-15(10-12-26)21(27)29-4-2/h3,5-8,15-16H,1,4,9-13H2,2H3/t16-/m1/s1. The van der Waals surface area contributed by atoms with Gasteiger partial charge in [0.2, 0.25) is 0 Å². The molecule has 0 saturated carbocycles. The van der Waals surface area contributed by atoms with Crippen LogP contribution in [0.1, 0.15) is 31.4 Å². The van der Waals surface area contributed by atoms with E-state index >= 15 is 0 Å². The zero-order valence-corrected chi connectivity index (χ0v) is 16.9. The van der Waals surface area contributed by atoms with Crippen molar-refractivity contribution < 1.29 is 19.1 Å². The average Bonchev–Trinajstić information content (AvgIpc) is 2.78. The van der Waals surface area contributed by atoms with Crippen LogP contribution in [-0.2, 0) is 19.1 Å². The van der Waals surface area contributed by atoms with Gasteiger partial charge >= 0.3 is 11.9 Å². The highest BCUT2D eigenvalue weighted by molar-refractivity contribution is 5.85. The third kappa shape index (κ3) is 4.57. The average molecular weight is 408 g/mol. The fourth-order valence-corrected chi connectivity index (χ4v) is 3.47. The molecular weight excluding hydrogens is 384 g/mol. The molecule has 30 heavy (non-hydrogen) atoms. The lowest BCUT2D eigenvalue weighted by Gasteiger charge is -2.33. The van der Waals surface area contributed by atoms with Crippen molar-refractivity contribution in [2.45, 2.75) is 25.7 Å². The fraction of sp³-hybridized carbons (Fsp3) is 0.409. The zero-order chi connectivity index (χ0) is 21.5. The van der Waals surface area contributed by atoms with Crippen LogP contribution in [0.2, 0.25) is 0 Å². The van der Waals surface area contributed by atoms with E-state index in [1.165, 1.54) is 6.08 Å². The third-order valence-corrected chi connectivity index (χ3v) is 4.97. The molecule has 0 N–H and O–H groups in total. The van der Waals surface area contributed by atoms with Gasteiger partial charge in [-0.3, -0.25) is 9.59 Å². The largest absolute Gasteiger partial charge is 0.466 e. The number of anilines is 1. The molecule has 1 atom stereocenters. The number of aromatic nitrogens is 2. The predicted octanol–water partition coefficient (Wildman–Crippen LogP) is 2.75. The monoisotopic (exact) mass is 408 g/mol. The number of carbonyl (C=O) groups excluding carboxylic acids is 2. The fourth-order valence-electron chi connectivity index (χ4n) is 3.47. The smallest absolute Gasteiger partial charge is 0.330 e. The molecule has 1 aromatic carbocycles. The molecule has 0 bridgehead atoms. The first kappa shape index (κ1) is 21.2. The highest BCUT2D eigenvalue weighted by Crippen LogP contribution is 2.31. The first-order valence-electron chi connectivity index (χ1n) is 9.94. The van der Waals surface area contributed by atoms with Crippen LogP contribution < -0.4 is 4.90 Å². The van der Waals surface area contributed by atoms with Gasteiger partial charge in [-0.25, -0.2) is 9.97 Å². The van der Waals surface area contributed by atoms with Gasteiger partial charge in [0.1, 0.15) is 12.3 Å². The molecule has 8 heteroatoms. The van der Waals surface area contributed by atoms with Crippen molar-refractivity contribution in [1.82, 2.24) is 9.97 Å². The molecule has 1 aliphatic heterocycles. The molecule has 1 saturated heterocycles. The number of hydrogen-bond donors (Lipinski definition) is 0. The SMILES string of the molecule is C=CCOC(=O)[C@H](C#N)c1nc2ccccc2nc1N1CCC(C(=O)OCC)CC1. The second kappa shape index (κ2) is 9.83. The number of nitriles is 1. The molecule has 0 aliphatic carbocycles. The Balaban J connectivity index is 1.94. The van der Waals surface area contributed by atoms with Gasteiger partial charge in [0, 0.05) is 13.1 Å². The van der Waals surface area contributed by atoms with E-state index in [2.05, 4.69) is 11.6 Å². The summed E-state index contributed by atoms with van der Waals surface area (Å²) >= 11 is 0. The summed E-state index contributed by atoms with van der Waals surface area (Å²) in [6.07, 6.45) is 2.65. The molecule has 0 amide bonds. The Labute approximate surface area is 175 Å². The third-order valence-electron chi connectivity index (χ3n) is 4.97. The predicted molar refractivity (Wildman–Crippen MR) is 111 cm³/mol. The van der Waals surface area contributed by atoms with Crippen LogP contribution in [0.15, 0.2) is 36.9 Å². The van der Waals surface area contributed by atoms with Crippen LogP contribution in [0.4, 0.5) is 5.82 Å². The Bertz CT molecular complexity index is 977. The summed E-state index contributed by atoms with van der Waals surface area (Å²) < 4.78 is 10.2. The number of fused-ring (bicyclic) bond motifs is 1. The number of rotatable bonds is 7. The Morgan fingerprint density at radius 2 is 1.93 bits per heavy atom. The summed E-state index contributed by atoms with van der Waals surface area (Å²) in [5.74, 6) is -1.78. The van der Waals surface area contributed by atoms with E-state index in [0.29, 0.717) is 49.4 Å². The maximum atomic E-state index is 12.5. The quantitative estimate of drug-likeness (QED) is 0.509. The molecule has 1 aromatic heterocycles. The Kier molecular flexibility index (Phi) is 6.96. The first-order chi connectivity index (χ1) is 14.6. The van der Waals surface area contributed by atoms with Crippen LogP contribution in [-0.4, -0.2) is 48.2 Å². The highest BCUT2D eigenvalue weighted by atomic mass is 16.5. The van der Waals surface area contributed by atoms with Gasteiger partial charge in [-0.1, -0.05) is 24.8 Å². The van der Waals surface area contributed by atoms with Crippen molar-refractivity contribution in [3.05, 3.63) is 42.6 Å². The first-order valence-corrected chi connectivity index (χ1v) is 9.94. The van der Waals surface area contributed by atoms with Crippen LogP contribution in [0.5, 0.6) is 0 Å². The van der Waals surface area contributed by atoms with Crippen molar-refractivity contribution in [1.29, 1.82) is 5.26 Å². The molecule has 8 nitrogen and oxygen atoms in total. The molecule has 2 heterocycles. The highest BCUT2D eigenvalue weighted by Gasteiger charge is 2.33. The molecule has 1 aliphatic rings. The summed E-state index contributed by atoms with van der Waals surface area (Å²) in [5.41, 5.74) is 1.52. The number of esters is 2. The maximum Gasteiger partial charge on any atom is 0.330 e. The molecule has 0 spiro atoms. The number of ether oxygens (including phenoxy) is 2. The number of carbonyl (C=O) groups is 2. The lowest BCUT2D eigenvalue weighted by molar-refractivity contribution is -0.148. The van der Waals surface area contributed by atoms with E-state index in [-0.39, 0.29) is 24.2 Å². The molecule has 2 aromatic rings. The molecular formula is C22H24N4O4. The van der Waals surface area contributed by atoms with Crippen LogP contribution in [0.3, 0.4) is 0 Å². The normalized spacial score (nSPS) is 15.3. The summed E-state index contributed by atoms with van der Waals surface area (Å²) in [6.45, 7) is 6.77. The Hall–Kier alpha value is -3.47. The van der Waals surface area contributed by atoms with Crippen molar-refractivity contribution in [3.8, 4) is 6.07 Å². The molecule has 0 unspecified atom stereocenters. The number of para-hydroxylation sites is 2. The van der Waals surface area contributed by atoms with Gasteiger partial charge in [0.25, 0.3) is 0 Å². The molecule has 1 fully saturated rings. The minimum atomic E-state index is -1.21. The summed E-state index contributed by atoms with van der Waals surface area (Å²) in [7, 11) is 0. The summed E-state index contributed by atoms with van der Waals surface area (Å²) in [4.78, 5) is 35.8. The maximum absolute atomic E-state index is 12.5. The summed E-state index contributed by atoms with van der Waals surface area (Å²) in [5, 5.41) is 9.69. The topological polar surface area (TPSA) is 105 Å². The van der Waals surface area contributed by atoms with Crippen LogP contribution in [0.25, 0.3) is 11.0 Å². The Morgan fingerprint density at radius 3 is 2.53 bits per heavy atom. The molecule has 156 valence electrons. The molecule has 3 rings (SSSR count).